The third-order valence-electron chi connectivity index (χ3n) is 3.76. The fourth-order valence-corrected chi connectivity index (χ4v) is 2.84. The largest absolute Gasteiger partial charge is 0.495 e. The summed E-state index contributed by atoms with van der Waals surface area (Å²) < 4.78 is 11.0. The highest BCUT2D eigenvalue weighted by molar-refractivity contribution is 7.80. The van der Waals surface area contributed by atoms with Gasteiger partial charge in [-0.1, -0.05) is 23.7 Å². The first kappa shape index (κ1) is 20.4. The summed E-state index contributed by atoms with van der Waals surface area (Å²) in [5.41, 5.74) is 0.921. The van der Waals surface area contributed by atoms with Gasteiger partial charge in [-0.25, -0.2) is 0 Å². The molecular weight excluding hydrogens is 414 g/mol. The van der Waals surface area contributed by atoms with E-state index in [2.05, 4.69) is 10.6 Å². The van der Waals surface area contributed by atoms with Crippen LogP contribution in [0.1, 0.15) is 0 Å². The number of methoxy groups -OCH3 is 1. The molecule has 0 atom stereocenters. The number of ether oxygens (including phenoxy) is 2. The van der Waals surface area contributed by atoms with E-state index in [9.17, 15) is 10.1 Å². The third kappa shape index (κ3) is 5.56. The number of nitro benzene ring substituents is 1. The second kappa shape index (κ2) is 9.22. The Morgan fingerprint density at radius 2 is 1.76 bits per heavy atom. The van der Waals surface area contributed by atoms with Crippen molar-refractivity contribution >= 4 is 46.0 Å². The molecule has 2 N–H and O–H groups in total. The molecule has 0 saturated heterocycles. The molecule has 0 spiro atoms. The molecule has 3 aromatic rings. The van der Waals surface area contributed by atoms with Gasteiger partial charge in [-0.15, -0.1) is 0 Å². The minimum atomic E-state index is -0.503. The maximum Gasteiger partial charge on any atom is 0.275 e. The number of hydrogen-bond acceptors (Lipinski definition) is 5. The van der Waals surface area contributed by atoms with Crippen LogP contribution >= 0.6 is 23.8 Å². The van der Waals surface area contributed by atoms with E-state index in [-0.39, 0.29) is 16.5 Å². The molecule has 0 aliphatic rings. The second-order valence-electron chi connectivity index (χ2n) is 5.81. The van der Waals surface area contributed by atoms with Crippen LogP contribution in [0.2, 0.25) is 5.02 Å². The molecule has 0 aromatic heterocycles. The normalized spacial score (nSPS) is 10.1. The van der Waals surface area contributed by atoms with Crippen molar-refractivity contribution in [2.75, 3.05) is 17.7 Å². The van der Waals surface area contributed by atoms with Gasteiger partial charge in [-0.05, 0) is 48.6 Å². The number of non-ortho nitro benzene ring substituents is 1. The Kier molecular flexibility index (Phi) is 6.48. The fraction of sp³-hybridized carbons (Fsp3) is 0.0500. The van der Waals surface area contributed by atoms with Gasteiger partial charge in [0.25, 0.3) is 5.69 Å². The minimum absolute atomic E-state index is 0.140. The Hall–Kier alpha value is -3.36. The van der Waals surface area contributed by atoms with Crippen molar-refractivity contribution in [2.24, 2.45) is 0 Å². The van der Waals surface area contributed by atoms with Crippen LogP contribution in [0.3, 0.4) is 0 Å². The van der Waals surface area contributed by atoms with E-state index in [1.54, 1.807) is 49.6 Å². The van der Waals surface area contributed by atoms with E-state index >= 15 is 0 Å². The smallest absolute Gasteiger partial charge is 0.275 e. The molecule has 0 aliphatic carbocycles. The topological polar surface area (TPSA) is 85.7 Å². The van der Waals surface area contributed by atoms with Gasteiger partial charge in [-0.3, -0.25) is 10.1 Å². The van der Waals surface area contributed by atoms with Gasteiger partial charge in [-0.2, -0.15) is 0 Å². The first-order valence-corrected chi connectivity index (χ1v) is 9.17. The molecule has 7 nitrogen and oxygen atoms in total. The second-order valence-corrected chi connectivity index (χ2v) is 6.65. The Bertz CT molecular complexity index is 1040. The molecule has 3 aromatic carbocycles. The number of thiocarbonyl (C=S) groups is 1. The highest BCUT2D eigenvalue weighted by Gasteiger charge is 2.13. The Morgan fingerprint density at radius 1 is 1.03 bits per heavy atom. The van der Waals surface area contributed by atoms with E-state index in [0.717, 1.165) is 0 Å². The average molecular weight is 430 g/mol. The number of para-hydroxylation sites is 2. The number of anilines is 2. The Balaban J connectivity index is 1.80. The Labute approximate surface area is 177 Å². The third-order valence-corrected chi connectivity index (χ3v) is 4.22. The van der Waals surface area contributed by atoms with E-state index in [0.29, 0.717) is 27.9 Å². The number of rotatable bonds is 6. The quantitative estimate of drug-likeness (QED) is 0.288. The summed E-state index contributed by atoms with van der Waals surface area (Å²) >= 11 is 11.2. The molecule has 0 amide bonds. The van der Waals surface area contributed by atoms with Gasteiger partial charge < -0.3 is 20.1 Å². The first-order chi connectivity index (χ1) is 13.9. The van der Waals surface area contributed by atoms with Crippen LogP contribution in [0.5, 0.6) is 17.2 Å². The van der Waals surface area contributed by atoms with Crippen molar-refractivity contribution in [3.63, 3.8) is 0 Å². The number of hydrogen-bond donors (Lipinski definition) is 2. The SMILES string of the molecule is COc1ccccc1NC(=S)Nc1cc(Oc2ccc(Cl)cc2)cc([N+](=O)[O-])c1. The fourth-order valence-electron chi connectivity index (χ4n) is 2.49. The first-order valence-electron chi connectivity index (χ1n) is 8.38. The predicted molar refractivity (Wildman–Crippen MR) is 117 cm³/mol. The van der Waals surface area contributed by atoms with Crippen LogP contribution < -0.4 is 20.1 Å². The summed E-state index contributed by atoms with van der Waals surface area (Å²) in [6, 6.07) is 18.2. The molecule has 9 heteroatoms. The van der Waals surface area contributed by atoms with Crippen LogP contribution in [0.4, 0.5) is 17.1 Å². The van der Waals surface area contributed by atoms with E-state index in [1.165, 1.54) is 12.1 Å². The lowest BCUT2D eigenvalue weighted by atomic mass is 10.2. The van der Waals surface area contributed by atoms with Crippen LogP contribution in [0, 0.1) is 10.1 Å². The van der Waals surface area contributed by atoms with Crippen molar-refractivity contribution in [1.29, 1.82) is 0 Å². The van der Waals surface area contributed by atoms with Crippen molar-refractivity contribution in [2.45, 2.75) is 0 Å². The summed E-state index contributed by atoms with van der Waals surface area (Å²) in [4.78, 5) is 10.8. The predicted octanol–water partition coefficient (Wildman–Crippen LogP) is 5.86. The molecule has 0 aliphatic heterocycles. The van der Waals surface area contributed by atoms with E-state index in [4.69, 9.17) is 33.3 Å². The monoisotopic (exact) mass is 429 g/mol. The van der Waals surface area contributed by atoms with Gasteiger partial charge >= 0.3 is 0 Å². The maximum absolute atomic E-state index is 11.3. The molecule has 0 unspecified atom stereocenters. The van der Waals surface area contributed by atoms with Crippen LogP contribution in [-0.4, -0.2) is 17.1 Å². The van der Waals surface area contributed by atoms with Crippen molar-refractivity contribution in [3.05, 3.63) is 81.9 Å². The van der Waals surface area contributed by atoms with Gasteiger partial charge in [0.15, 0.2) is 5.11 Å². The summed E-state index contributed by atoms with van der Waals surface area (Å²) in [5, 5.41) is 18.0. The lowest BCUT2D eigenvalue weighted by Gasteiger charge is -2.14. The molecular formula is C20H16ClN3O4S. The molecule has 0 saturated carbocycles. The van der Waals surface area contributed by atoms with Crippen LogP contribution in [0.15, 0.2) is 66.7 Å². The summed E-state index contributed by atoms with van der Waals surface area (Å²) in [6.07, 6.45) is 0. The highest BCUT2D eigenvalue weighted by atomic mass is 35.5. The number of benzene rings is 3. The number of nitrogens with zero attached hydrogens (tertiary/aromatic N) is 1. The van der Waals surface area contributed by atoms with E-state index in [1.807, 2.05) is 12.1 Å². The number of halogens is 1. The van der Waals surface area contributed by atoms with Crippen molar-refractivity contribution < 1.29 is 14.4 Å². The molecule has 29 heavy (non-hydrogen) atoms. The lowest BCUT2D eigenvalue weighted by Crippen LogP contribution is -2.19. The zero-order valence-electron chi connectivity index (χ0n) is 15.2. The van der Waals surface area contributed by atoms with Gasteiger partial charge in [0.05, 0.1) is 29.5 Å². The molecule has 3 rings (SSSR count). The average Bonchev–Trinajstić information content (AvgIpc) is 2.70. The van der Waals surface area contributed by atoms with Crippen LogP contribution in [0.25, 0.3) is 0 Å². The summed E-state index contributed by atoms with van der Waals surface area (Å²) in [6.45, 7) is 0. The summed E-state index contributed by atoms with van der Waals surface area (Å²) in [5.74, 6) is 1.39. The highest BCUT2D eigenvalue weighted by Crippen LogP contribution is 2.30. The minimum Gasteiger partial charge on any atom is -0.495 e. The molecule has 0 radical (unpaired) electrons. The van der Waals surface area contributed by atoms with Crippen molar-refractivity contribution in [3.8, 4) is 17.2 Å². The molecule has 0 fully saturated rings. The van der Waals surface area contributed by atoms with Gasteiger partial charge in [0.2, 0.25) is 0 Å². The van der Waals surface area contributed by atoms with Crippen LogP contribution in [-0.2, 0) is 0 Å². The van der Waals surface area contributed by atoms with Crippen molar-refractivity contribution in [1.82, 2.24) is 0 Å². The van der Waals surface area contributed by atoms with Gasteiger partial charge in [0, 0.05) is 17.2 Å². The zero-order chi connectivity index (χ0) is 20.8. The lowest BCUT2D eigenvalue weighted by molar-refractivity contribution is -0.384. The number of nitrogens with one attached hydrogen (secondary N) is 2. The zero-order valence-corrected chi connectivity index (χ0v) is 16.8. The summed E-state index contributed by atoms with van der Waals surface area (Å²) in [7, 11) is 1.55. The standard InChI is InChI=1S/C20H16ClN3O4S/c1-27-19-5-3-2-4-18(19)23-20(29)22-14-10-15(24(25)26)12-17(11-14)28-16-8-6-13(21)7-9-16/h2-12H,1H3,(H2,22,23,29). The van der Waals surface area contributed by atoms with Gasteiger partial charge in [0.1, 0.15) is 17.2 Å². The maximum atomic E-state index is 11.3. The Morgan fingerprint density at radius 3 is 2.45 bits per heavy atom. The number of nitro groups is 1. The van der Waals surface area contributed by atoms with E-state index < -0.39 is 4.92 Å². The molecule has 148 valence electrons. The molecule has 0 heterocycles. The molecule has 0 bridgehead atoms.